The number of nitrogens with two attached hydrogens (primary N) is 1. The number of hydrogen-bond donors (Lipinski definition) is 5. The highest BCUT2D eigenvalue weighted by molar-refractivity contribution is 6.15. The fourth-order valence-corrected chi connectivity index (χ4v) is 3.20. The summed E-state index contributed by atoms with van der Waals surface area (Å²) in [7, 11) is 5.98. The van der Waals surface area contributed by atoms with Crippen molar-refractivity contribution in [2.24, 2.45) is 5.73 Å². The summed E-state index contributed by atoms with van der Waals surface area (Å²) in [5, 5.41) is 31.3. The Balaban J connectivity index is 1.97. The molecule has 24 heavy (non-hydrogen) atoms. The Morgan fingerprint density at radius 3 is 2.88 bits per heavy atom. The number of carbonyl (C=O) groups is 1. The van der Waals surface area contributed by atoms with E-state index >= 15 is 0 Å². The first-order valence-corrected chi connectivity index (χ1v) is 8.29. The number of aliphatic hydroxyl groups is 1. The average Bonchev–Trinajstić information content (AvgIpc) is 2.57. The van der Waals surface area contributed by atoms with Gasteiger partial charge in [0.2, 0.25) is 0 Å². The third-order valence-electron chi connectivity index (χ3n) is 4.88. The van der Waals surface area contributed by atoms with E-state index in [1.807, 2.05) is 6.07 Å². The lowest BCUT2D eigenvalue weighted by Gasteiger charge is -2.34. The molecule has 0 aromatic heterocycles. The summed E-state index contributed by atoms with van der Waals surface area (Å²) in [5.41, 5.74) is 6.81. The molecule has 0 fully saturated rings. The van der Waals surface area contributed by atoms with E-state index in [0.717, 1.165) is 17.5 Å². The molecule has 7 heteroatoms. The molecule has 3 unspecified atom stereocenters. The molecule has 1 aliphatic rings. The van der Waals surface area contributed by atoms with Gasteiger partial charge in [-0.2, -0.15) is 0 Å². The monoisotopic (exact) mass is 332 g/mol. The second kappa shape index (κ2) is 8.01. The summed E-state index contributed by atoms with van der Waals surface area (Å²) < 4.78 is 0. The van der Waals surface area contributed by atoms with Crippen LogP contribution in [0, 0.1) is 0 Å². The summed E-state index contributed by atoms with van der Waals surface area (Å²) in [4.78, 5) is 11.6. The van der Waals surface area contributed by atoms with Gasteiger partial charge in [-0.05, 0) is 54.8 Å². The van der Waals surface area contributed by atoms with Crippen LogP contribution in [-0.2, 0) is 17.8 Å². The molecule has 6 N–H and O–H groups in total. The molecule has 0 saturated heterocycles. The number of carboxylic acid groups (broad SMARTS) is 1. The highest BCUT2D eigenvalue weighted by atomic mass is 16.4. The number of fused-ring (bicyclic) bond motifs is 1. The predicted octanol–water partition coefficient (Wildman–Crippen LogP) is 0.698. The first-order valence-electron chi connectivity index (χ1n) is 8.29. The average molecular weight is 332 g/mol. The molecule has 1 aliphatic heterocycles. The smallest absolute Gasteiger partial charge is 0.323 e. The standard InChI is InChI=1S/C17H25BN2O4/c18-15(2-1-7-21)17(19,16(23)24)6-5-13-8-11-3-4-14(22)9-12(11)10-20-13/h3-4,9,13,15,20-22H,1-2,5-8,10,19H2,(H,23,24). The molecule has 3 atom stereocenters. The van der Waals surface area contributed by atoms with Gasteiger partial charge < -0.3 is 26.4 Å². The van der Waals surface area contributed by atoms with Crippen LogP contribution in [0.2, 0.25) is 5.82 Å². The van der Waals surface area contributed by atoms with Crippen LogP contribution in [0.1, 0.15) is 36.8 Å². The van der Waals surface area contributed by atoms with E-state index in [0.29, 0.717) is 25.8 Å². The van der Waals surface area contributed by atoms with Gasteiger partial charge in [0, 0.05) is 19.2 Å². The van der Waals surface area contributed by atoms with Crippen LogP contribution in [0.5, 0.6) is 5.75 Å². The van der Waals surface area contributed by atoms with Gasteiger partial charge >= 0.3 is 5.97 Å². The van der Waals surface area contributed by atoms with Crippen molar-refractivity contribution >= 4 is 13.8 Å². The van der Waals surface area contributed by atoms with Crippen molar-refractivity contribution in [1.29, 1.82) is 0 Å². The first kappa shape index (κ1) is 18.8. The minimum atomic E-state index is -1.49. The summed E-state index contributed by atoms with van der Waals surface area (Å²) in [6.07, 6.45) is 2.43. The van der Waals surface area contributed by atoms with Crippen molar-refractivity contribution in [1.82, 2.24) is 5.32 Å². The van der Waals surface area contributed by atoms with Crippen LogP contribution in [0.25, 0.3) is 0 Å². The zero-order chi connectivity index (χ0) is 17.7. The minimum Gasteiger partial charge on any atom is -0.508 e. The Morgan fingerprint density at radius 1 is 1.46 bits per heavy atom. The molecule has 2 rings (SSSR count). The van der Waals surface area contributed by atoms with Crippen molar-refractivity contribution in [3.63, 3.8) is 0 Å². The third kappa shape index (κ3) is 4.29. The van der Waals surface area contributed by atoms with Gasteiger partial charge in [-0.25, -0.2) is 0 Å². The lowest BCUT2D eigenvalue weighted by atomic mass is 9.66. The Hall–Kier alpha value is -1.57. The number of phenols is 1. The molecule has 0 aliphatic carbocycles. The zero-order valence-electron chi connectivity index (χ0n) is 13.7. The maximum Gasteiger partial charge on any atom is 0.323 e. The highest BCUT2D eigenvalue weighted by Crippen LogP contribution is 2.30. The van der Waals surface area contributed by atoms with E-state index in [1.54, 1.807) is 12.1 Å². The van der Waals surface area contributed by atoms with Crippen LogP contribution >= 0.6 is 0 Å². The van der Waals surface area contributed by atoms with Crippen molar-refractivity contribution < 1.29 is 20.1 Å². The molecule has 0 bridgehead atoms. The van der Waals surface area contributed by atoms with Crippen LogP contribution in [0.4, 0.5) is 0 Å². The van der Waals surface area contributed by atoms with Crippen molar-refractivity contribution in [3.05, 3.63) is 29.3 Å². The van der Waals surface area contributed by atoms with E-state index in [1.165, 1.54) is 0 Å². The molecular weight excluding hydrogens is 307 g/mol. The molecular formula is C17H25BN2O4. The Bertz CT molecular complexity index is 584. The maximum absolute atomic E-state index is 11.6. The van der Waals surface area contributed by atoms with Gasteiger partial charge in [-0.1, -0.05) is 12.5 Å². The Kier molecular flexibility index (Phi) is 6.26. The summed E-state index contributed by atoms with van der Waals surface area (Å²) in [6.45, 7) is 0.604. The number of aliphatic carboxylic acids is 1. The second-order valence-corrected chi connectivity index (χ2v) is 6.59. The topological polar surface area (TPSA) is 116 Å². The van der Waals surface area contributed by atoms with Gasteiger partial charge in [0.15, 0.2) is 0 Å². The zero-order valence-corrected chi connectivity index (χ0v) is 13.7. The number of benzene rings is 1. The molecule has 1 aromatic rings. The SMILES string of the molecule is [B]C(CCCO)C(N)(CCC1Cc2ccc(O)cc2CN1)C(=O)O. The van der Waals surface area contributed by atoms with Gasteiger partial charge in [0.05, 0.1) is 7.85 Å². The van der Waals surface area contributed by atoms with Crippen molar-refractivity contribution in [2.75, 3.05) is 6.61 Å². The molecule has 130 valence electrons. The number of hydrogen-bond acceptors (Lipinski definition) is 5. The van der Waals surface area contributed by atoms with E-state index in [-0.39, 0.29) is 24.8 Å². The van der Waals surface area contributed by atoms with Crippen LogP contribution in [0.15, 0.2) is 18.2 Å². The summed E-state index contributed by atoms with van der Waals surface area (Å²) in [5.74, 6) is -1.56. The molecule has 2 radical (unpaired) electrons. The van der Waals surface area contributed by atoms with Crippen LogP contribution < -0.4 is 11.1 Å². The van der Waals surface area contributed by atoms with E-state index in [4.69, 9.17) is 18.7 Å². The van der Waals surface area contributed by atoms with Crippen molar-refractivity contribution in [3.8, 4) is 5.75 Å². The Morgan fingerprint density at radius 2 is 2.21 bits per heavy atom. The molecule has 0 amide bonds. The quantitative estimate of drug-likeness (QED) is 0.448. The number of carboxylic acids is 1. The lowest BCUT2D eigenvalue weighted by Crippen LogP contribution is -2.53. The number of nitrogens with one attached hydrogen (secondary N) is 1. The number of aromatic hydroxyl groups is 1. The largest absolute Gasteiger partial charge is 0.508 e. The molecule has 1 aromatic carbocycles. The molecule has 0 saturated carbocycles. The van der Waals surface area contributed by atoms with E-state index < -0.39 is 17.3 Å². The lowest BCUT2D eigenvalue weighted by molar-refractivity contribution is -0.144. The Labute approximate surface area is 143 Å². The number of rotatable bonds is 8. The van der Waals surface area contributed by atoms with Gasteiger partial charge in [-0.3, -0.25) is 4.79 Å². The number of phenolic OH excluding ortho intramolecular Hbond substituents is 1. The second-order valence-electron chi connectivity index (χ2n) is 6.59. The maximum atomic E-state index is 11.6. The predicted molar refractivity (Wildman–Crippen MR) is 92.1 cm³/mol. The highest BCUT2D eigenvalue weighted by Gasteiger charge is 2.39. The molecule has 6 nitrogen and oxygen atoms in total. The van der Waals surface area contributed by atoms with Gasteiger partial charge in [0.1, 0.15) is 11.3 Å². The molecule has 1 heterocycles. The number of aliphatic hydroxyl groups excluding tert-OH is 1. The van der Waals surface area contributed by atoms with Gasteiger partial charge in [-0.15, -0.1) is 0 Å². The fourth-order valence-electron chi connectivity index (χ4n) is 3.20. The van der Waals surface area contributed by atoms with E-state index in [2.05, 4.69) is 5.32 Å². The minimum absolute atomic E-state index is 0.0305. The van der Waals surface area contributed by atoms with Gasteiger partial charge in [0.25, 0.3) is 0 Å². The summed E-state index contributed by atoms with van der Waals surface area (Å²) in [6, 6.07) is 5.43. The van der Waals surface area contributed by atoms with E-state index in [9.17, 15) is 15.0 Å². The van der Waals surface area contributed by atoms with Crippen molar-refractivity contribution in [2.45, 2.75) is 56.0 Å². The molecule has 0 spiro atoms. The third-order valence-corrected chi connectivity index (χ3v) is 4.88. The normalized spacial score (nSPS) is 20.8. The van der Waals surface area contributed by atoms with Crippen LogP contribution in [-0.4, -0.2) is 47.3 Å². The first-order chi connectivity index (χ1) is 11.4. The van der Waals surface area contributed by atoms with Crippen LogP contribution in [0.3, 0.4) is 0 Å². The fraction of sp³-hybridized carbons (Fsp3) is 0.588. The summed E-state index contributed by atoms with van der Waals surface area (Å²) >= 11 is 0.